The van der Waals surface area contributed by atoms with Gasteiger partial charge < -0.3 is 9.80 Å². The van der Waals surface area contributed by atoms with E-state index in [2.05, 4.69) is 52.6 Å². The first-order valence-corrected chi connectivity index (χ1v) is 8.98. The lowest BCUT2D eigenvalue weighted by Crippen LogP contribution is -2.54. The number of amides is 1. The number of carbonyl (C=O) groups is 1. The number of hydrogen-bond donors (Lipinski definition) is 0. The van der Waals surface area contributed by atoms with Gasteiger partial charge in [-0.05, 0) is 12.8 Å². The smallest absolute Gasteiger partial charge is 0.227 e. The van der Waals surface area contributed by atoms with Crippen LogP contribution in [0.25, 0.3) is 11.4 Å². The molecule has 2 aromatic rings. The van der Waals surface area contributed by atoms with E-state index in [1.807, 2.05) is 23.1 Å². The molecule has 1 aromatic carbocycles. The zero-order valence-corrected chi connectivity index (χ0v) is 15.5. The lowest BCUT2D eigenvalue weighted by atomic mass is 10.1. The molecule has 0 saturated carbocycles. The molecule has 6 heteroatoms. The Morgan fingerprint density at radius 3 is 2.52 bits per heavy atom. The van der Waals surface area contributed by atoms with E-state index in [4.69, 9.17) is 0 Å². The van der Waals surface area contributed by atoms with Gasteiger partial charge >= 0.3 is 0 Å². The Labute approximate surface area is 149 Å². The van der Waals surface area contributed by atoms with Crippen molar-refractivity contribution in [2.45, 2.75) is 40.3 Å². The zero-order chi connectivity index (χ0) is 18.0. The second-order valence-corrected chi connectivity index (χ2v) is 7.20. The van der Waals surface area contributed by atoms with Gasteiger partial charge in [-0.2, -0.15) is 0 Å². The minimum atomic E-state index is 0.139. The summed E-state index contributed by atoms with van der Waals surface area (Å²) < 4.78 is 2.22. The normalized spacial score (nSPS) is 18.0. The average Bonchev–Trinajstić information content (AvgIpc) is 2.98. The Bertz CT molecular complexity index is 725. The van der Waals surface area contributed by atoms with Gasteiger partial charge in [-0.15, -0.1) is 10.2 Å². The van der Waals surface area contributed by atoms with Crippen LogP contribution in [0.5, 0.6) is 0 Å². The summed E-state index contributed by atoms with van der Waals surface area (Å²) in [6.45, 7) is 11.3. The zero-order valence-electron chi connectivity index (χ0n) is 15.5. The molecule has 1 amide bonds. The maximum atomic E-state index is 11.7. The molecule has 1 aliphatic heterocycles. The Morgan fingerprint density at radius 1 is 1.20 bits per heavy atom. The summed E-state index contributed by atoms with van der Waals surface area (Å²) >= 11 is 0. The molecule has 134 valence electrons. The number of nitrogens with zero attached hydrogens (tertiary/aromatic N) is 5. The first-order chi connectivity index (χ1) is 12.0. The summed E-state index contributed by atoms with van der Waals surface area (Å²) in [6.07, 6.45) is 0. The van der Waals surface area contributed by atoms with Gasteiger partial charge in [0.25, 0.3) is 0 Å². The molecule has 0 radical (unpaired) electrons. The number of aromatic nitrogens is 3. The molecule has 2 heterocycles. The molecule has 0 aliphatic carbocycles. The molecular formula is C19H27N5O. The van der Waals surface area contributed by atoms with Crippen molar-refractivity contribution in [3.05, 3.63) is 30.3 Å². The topological polar surface area (TPSA) is 54.3 Å². The summed E-state index contributed by atoms with van der Waals surface area (Å²) in [5.74, 6) is 2.44. The van der Waals surface area contributed by atoms with Crippen LogP contribution in [0, 0.1) is 5.92 Å². The first kappa shape index (κ1) is 17.5. The molecule has 1 aromatic heterocycles. The number of anilines is 1. The van der Waals surface area contributed by atoms with E-state index in [0.29, 0.717) is 5.92 Å². The van der Waals surface area contributed by atoms with E-state index >= 15 is 0 Å². The van der Waals surface area contributed by atoms with Gasteiger partial charge in [-0.25, -0.2) is 0 Å². The Balaban J connectivity index is 1.94. The standard InChI is InChI=1S/C19H27N5O/c1-14(2)12-24-18(17-8-6-5-7-9-17)20-21-19(24)23-11-10-22(16(4)25)13-15(23)3/h5-9,14-15H,10-13H2,1-4H3. The van der Waals surface area contributed by atoms with Crippen LogP contribution in [-0.4, -0.2) is 51.2 Å². The summed E-state index contributed by atoms with van der Waals surface area (Å²) in [5, 5.41) is 9.02. The monoisotopic (exact) mass is 341 g/mol. The summed E-state index contributed by atoms with van der Waals surface area (Å²) in [7, 11) is 0. The van der Waals surface area contributed by atoms with Crippen LogP contribution >= 0.6 is 0 Å². The minimum absolute atomic E-state index is 0.139. The van der Waals surface area contributed by atoms with Crippen molar-refractivity contribution >= 4 is 11.9 Å². The van der Waals surface area contributed by atoms with Crippen molar-refractivity contribution in [2.75, 3.05) is 24.5 Å². The third-order valence-corrected chi connectivity index (χ3v) is 4.64. The lowest BCUT2D eigenvalue weighted by Gasteiger charge is -2.40. The van der Waals surface area contributed by atoms with Crippen LogP contribution in [-0.2, 0) is 11.3 Å². The highest BCUT2D eigenvalue weighted by molar-refractivity contribution is 5.73. The van der Waals surface area contributed by atoms with Crippen LogP contribution in [0.4, 0.5) is 5.95 Å². The van der Waals surface area contributed by atoms with Gasteiger partial charge in [0.05, 0.1) is 0 Å². The third-order valence-electron chi connectivity index (χ3n) is 4.64. The Kier molecular flexibility index (Phi) is 5.06. The lowest BCUT2D eigenvalue weighted by molar-refractivity contribution is -0.129. The first-order valence-electron chi connectivity index (χ1n) is 8.98. The molecule has 1 unspecified atom stereocenters. The van der Waals surface area contributed by atoms with E-state index in [1.165, 1.54) is 0 Å². The predicted octanol–water partition coefficient (Wildman–Crippen LogP) is 2.66. The molecule has 25 heavy (non-hydrogen) atoms. The number of piperazine rings is 1. The van der Waals surface area contributed by atoms with Gasteiger partial charge in [0.15, 0.2) is 5.82 Å². The largest absolute Gasteiger partial charge is 0.339 e. The number of carbonyl (C=O) groups excluding carboxylic acids is 1. The fourth-order valence-electron chi connectivity index (χ4n) is 3.38. The molecule has 0 spiro atoms. The van der Waals surface area contributed by atoms with Crippen LogP contribution in [0.1, 0.15) is 27.7 Å². The van der Waals surface area contributed by atoms with Crippen molar-refractivity contribution in [3.8, 4) is 11.4 Å². The van der Waals surface area contributed by atoms with Crippen LogP contribution in [0.2, 0.25) is 0 Å². The quantitative estimate of drug-likeness (QED) is 0.858. The predicted molar refractivity (Wildman–Crippen MR) is 99.4 cm³/mol. The molecule has 1 saturated heterocycles. The van der Waals surface area contributed by atoms with Crippen molar-refractivity contribution in [1.29, 1.82) is 0 Å². The summed E-state index contributed by atoms with van der Waals surface area (Å²) in [5.41, 5.74) is 1.08. The highest BCUT2D eigenvalue weighted by Crippen LogP contribution is 2.26. The molecule has 1 fully saturated rings. The van der Waals surface area contributed by atoms with Crippen molar-refractivity contribution in [1.82, 2.24) is 19.7 Å². The van der Waals surface area contributed by atoms with Crippen molar-refractivity contribution in [3.63, 3.8) is 0 Å². The van der Waals surface area contributed by atoms with Crippen molar-refractivity contribution < 1.29 is 4.79 Å². The molecule has 1 atom stereocenters. The second-order valence-electron chi connectivity index (χ2n) is 7.20. The second kappa shape index (κ2) is 7.25. The minimum Gasteiger partial charge on any atom is -0.339 e. The maximum absolute atomic E-state index is 11.7. The molecule has 1 aliphatic rings. The Morgan fingerprint density at radius 2 is 1.92 bits per heavy atom. The van der Waals surface area contributed by atoms with E-state index in [-0.39, 0.29) is 11.9 Å². The fourth-order valence-corrected chi connectivity index (χ4v) is 3.38. The van der Waals surface area contributed by atoms with Gasteiger partial charge in [-0.3, -0.25) is 9.36 Å². The molecule has 0 bridgehead atoms. The molecule has 6 nitrogen and oxygen atoms in total. The van der Waals surface area contributed by atoms with E-state index in [1.54, 1.807) is 6.92 Å². The highest BCUT2D eigenvalue weighted by Gasteiger charge is 2.29. The van der Waals surface area contributed by atoms with Crippen molar-refractivity contribution in [2.24, 2.45) is 5.92 Å². The van der Waals surface area contributed by atoms with Crippen LogP contribution in [0.15, 0.2) is 30.3 Å². The van der Waals surface area contributed by atoms with Gasteiger partial charge in [0.2, 0.25) is 11.9 Å². The van der Waals surface area contributed by atoms with Gasteiger partial charge in [0.1, 0.15) is 0 Å². The number of rotatable bonds is 4. The van der Waals surface area contributed by atoms with Gasteiger partial charge in [0, 0.05) is 44.7 Å². The van der Waals surface area contributed by atoms with E-state index in [9.17, 15) is 4.79 Å². The highest BCUT2D eigenvalue weighted by atomic mass is 16.2. The number of benzene rings is 1. The molecule has 0 N–H and O–H groups in total. The number of hydrogen-bond acceptors (Lipinski definition) is 4. The van der Waals surface area contributed by atoms with Gasteiger partial charge in [-0.1, -0.05) is 44.2 Å². The van der Waals surface area contributed by atoms with E-state index in [0.717, 1.165) is 43.5 Å². The third kappa shape index (κ3) is 3.67. The SMILES string of the molecule is CC(=O)N1CCN(c2nnc(-c3ccccc3)n2CC(C)C)C(C)C1. The molecular weight excluding hydrogens is 314 g/mol. The average molecular weight is 341 g/mol. The summed E-state index contributed by atoms with van der Waals surface area (Å²) in [6, 6.07) is 10.4. The van der Waals surface area contributed by atoms with E-state index < -0.39 is 0 Å². The maximum Gasteiger partial charge on any atom is 0.227 e. The van der Waals surface area contributed by atoms with Crippen LogP contribution < -0.4 is 4.90 Å². The summed E-state index contributed by atoms with van der Waals surface area (Å²) in [4.78, 5) is 15.8. The molecule has 3 rings (SSSR count). The fraction of sp³-hybridized carbons (Fsp3) is 0.526. The van der Waals surface area contributed by atoms with Crippen LogP contribution in [0.3, 0.4) is 0 Å². The Hall–Kier alpha value is -2.37.